The fraction of sp³-hybridized carbons (Fsp3) is 0.923. The summed E-state index contributed by atoms with van der Waals surface area (Å²) in [5, 5.41) is 0. The summed E-state index contributed by atoms with van der Waals surface area (Å²) in [5.74, 6) is 1.99. The van der Waals surface area contributed by atoms with Gasteiger partial charge < -0.3 is 10.5 Å². The molecule has 0 saturated heterocycles. The van der Waals surface area contributed by atoms with Gasteiger partial charge in [0.1, 0.15) is 0 Å². The second kappa shape index (κ2) is 7.66. The molecule has 0 radical (unpaired) electrons. The summed E-state index contributed by atoms with van der Waals surface area (Å²) in [6.45, 7) is 6.54. The van der Waals surface area contributed by atoms with Crippen molar-refractivity contribution in [3.63, 3.8) is 0 Å². The number of nitrogens with zero attached hydrogens (tertiary/aromatic N) is 1. The van der Waals surface area contributed by atoms with E-state index in [0.717, 1.165) is 19.0 Å². The third-order valence-electron chi connectivity index (χ3n) is 3.00. The maximum Gasteiger partial charge on any atom is 0.0969 e. The van der Waals surface area contributed by atoms with Crippen molar-refractivity contribution in [3.05, 3.63) is 0 Å². The van der Waals surface area contributed by atoms with Crippen LogP contribution in [0.5, 0.6) is 0 Å². The van der Waals surface area contributed by atoms with Crippen LogP contribution in [0.2, 0.25) is 0 Å². The number of hydrogen-bond acceptors (Lipinski definition) is 2. The van der Waals surface area contributed by atoms with Crippen LogP contribution in [0.15, 0.2) is 4.99 Å². The number of amidine groups is 1. The summed E-state index contributed by atoms with van der Waals surface area (Å²) in [5.41, 5.74) is 5.98. The van der Waals surface area contributed by atoms with Gasteiger partial charge in [-0.1, -0.05) is 33.1 Å². The van der Waals surface area contributed by atoms with Crippen LogP contribution in [0.4, 0.5) is 0 Å². The minimum atomic E-state index is 0.541. The summed E-state index contributed by atoms with van der Waals surface area (Å²) < 4.78 is 5.47. The molecule has 0 atom stereocenters. The average Bonchev–Trinajstić information content (AvgIpc) is 2.29. The lowest BCUT2D eigenvalue weighted by Crippen LogP contribution is -2.26. The van der Waals surface area contributed by atoms with E-state index in [4.69, 9.17) is 10.5 Å². The summed E-state index contributed by atoms with van der Waals surface area (Å²) in [6.07, 6.45) is 6.43. The van der Waals surface area contributed by atoms with E-state index in [-0.39, 0.29) is 0 Å². The molecule has 0 amide bonds. The largest absolute Gasteiger partial charge is 0.387 e. The van der Waals surface area contributed by atoms with Gasteiger partial charge >= 0.3 is 0 Å². The van der Waals surface area contributed by atoms with Crippen LogP contribution in [-0.4, -0.2) is 25.6 Å². The molecule has 1 saturated carbocycles. The lowest BCUT2D eigenvalue weighted by atomic mass is 9.88. The summed E-state index contributed by atoms with van der Waals surface area (Å²) in [6, 6.07) is 0. The molecule has 0 aromatic carbocycles. The van der Waals surface area contributed by atoms with E-state index in [1.165, 1.54) is 32.1 Å². The highest BCUT2D eigenvalue weighted by Gasteiger charge is 2.16. The van der Waals surface area contributed by atoms with Crippen molar-refractivity contribution in [3.8, 4) is 0 Å². The molecule has 94 valence electrons. The van der Waals surface area contributed by atoms with Gasteiger partial charge in [-0.25, -0.2) is 0 Å². The SMILES string of the molecule is CC(C)COCCN=C(N)C1CCCCC1. The van der Waals surface area contributed by atoms with Gasteiger partial charge in [-0.2, -0.15) is 0 Å². The molecule has 1 aliphatic rings. The van der Waals surface area contributed by atoms with Crippen LogP contribution in [0.3, 0.4) is 0 Å². The number of ether oxygens (including phenoxy) is 1. The third kappa shape index (κ3) is 5.50. The molecular formula is C13H26N2O. The molecule has 1 rings (SSSR count). The van der Waals surface area contributed by atoms with Gasteiger partial charge in [0.2, 0.25) is 0 Å². The van der Waals surface area contributed by atoms with Crippen LogP contribution >= 0.6 is 0 Å². The summed E-state index contributed by atoms with van der Waals surface area (Å²) in [7, 11) is 0. The molecule has 2 N–H and O–H groups in total. The third-order valence-corrected chi connectivity index (χ3v) is 3.00. The Morgan fingerprint density at radius 2 is 2.00 bits per heavy atom. The first-order valence-corrected chi connectivity index (χ1v) is 6.57. The Morgan fingerprint density at radius 3 is 2.62 bits per heavy atom. The van der Waals surface area contributed by atoms with E-state index in [2.05, 4.69) is 18.8 Å². The van der Waals surface area contributed by atoms with E-state index < -0.39 is 0 Å². The maximum absolute atomic E-state index is 5.98. The van der Waals surface area contributed by atoms with Gasteiger partial charge in [0.25, 0.3) is 0 Å². The zero-order chi connectivity index (χ0) is 11.8. The first-order chi connectivity index (χ1) is 7.70. The molecule has 16 heavy (non-hydrogen) atoms. The Morgan fingerprint density at radius 1 is 1.31 bits per heavy atom. The molecule has 3 nitrogen and oxygen atoms in total. The second-order valence-electron chi connectivity index (χ2n) is 5.11. The van der Waals surface area contributed by atoms with Gasteiger partial charge in [-0.05, 0) is 18.8 Å². The second-order valence-corrected chi connectivity index (χ2v) is 5.11. The topological polar surface area (TPSA) is 47.6 Å². The van der Waals surface area contributed by atoms with Crippen LogP contribution in [0, 0.1) is 11.8 Å². The maximum atomic E-state index is 5.98. The van der Waals surface area contributed by atoms with Crippen molar-refractivity contribution in [2.45, 2.75) is 46.0 Å². The molecule has 1 fully saturated rings. The van der Waals surface area contributed by atoms with Crippen molar-refractivity contribution >= 4 is 5.84 Å². The summed E-state index contributed by atoms with van der Waals surface area (Å²) >= 11 is 0. The van der Waals surface area contributed by atoms with E-state index in [0.29, 0.717) is 18.4 Å². The number of aliphatic imine (C=N–C) groups is 1. The highest BCUT2D eigenvalue weighted by atomic mass is 16.5. The van der Waals surface area contributed by atoms with E-state index >= 15 is 0 Å². The smallest absolute Gasteiger partial charge is 0.0969 e. The highest BCUT2D eigenvalue weighted by Crippen LogP contribution is 2.23. The lowest BCUT2D eigenvalue weighted by Gasteiger charge is -2.20. The van der Waals surface area contributed by atoms with E-state index in [9.17, 15) is 0 Å². The molecule has 0 heterocycles. The molecular weight excluding hydrogens is 200 g/mol. The fourth-order valence-electron chi connectivity index (χ4n) is 2.09. The molecule has 1 aliphatic carbocycles. The monoisotopic (exact) mass is 226 g/mol. The standard InChI is InChI=1S/C13H26N2O/c1-11(2)10-16-9-8-15-13(14)12-6-4-3-5-7-12/h11-12H,3-10H2,1-2H3,(H2,14,15). The van der Waals surface area contributed by atoms with Crippen LogP contribution in [0.1, 0.15) is 46.0 Å². The van der Waals surface area contributed by atoms with Gasteiger partial charge in [0.15, 0.2) is 0 Å². The first-order valence-electron chi connectivity index (χ1n) is 6.57. The lowest BCUT2D eigenvalue weighted by molar-refractivity contribution is 0.117. The van der Waals surface area contributed by atoms with Gasteiger partial charge in [-0.15, -0.1) is 0 Å². The fourth-order valence-corrected chi connectivity index (χ4v) is 2.09. The Labute approximate surface area is 99.5 Å². The first kappa shape index (κ1) is 13.5. The number of rotatable bonds is 6. The average molecular weight is 226 g/mol. The highest BCUT2D eigenvalue weighted by molar-refractivity contribution is 5.82. The van der Waals surface area contributed by atoms with Crippen molar-refractivity contribution < 1.29 is 4.74 Å². The normalized spacial score (nSPS) is 19.3. The van der Waals surface area contributed by atoms with Crippen LogP contribution in [0.25, 0.3) is 0 Å². The van der Waals surface area contributed by atoms with Gasteiger partial charge in [0, 0.05) is 12.5 Å². The Balaban J connectivity index is 2.12. The van der Waals surface area contributed by atoms with Gasteiger partial charge in [0.05, 0.1) is 19.0 Å². The Bertz CT molecular complexity index is 208. The van der Waals surface area contributed by atoms with Crippen molar-refractivity contribution in [1.29, 1.82) is 0 Å². The molecule has 3 heteroatoms. The van der Waals surface area contributed by atoms with E-state index in [1.807, 2.05) is 0 Å². The minimum absolute atomic E-state index is 0.541. The summed E-state index contributed by atoms with van der Waals surface area (Å²) in [4.78, 5) is 4.41. The molecule has 0 spiro atoms. The Kier molecular flexibility index (Phi) is 6.46. The minimum Gasteiger partial charge on any atom is -0.387 e. The molecule has 0 unspecified atom stereocenters. The predicted octanol–water partition coefficient (Wildman–Crippen LogP) is 2.60. The zero-order valence-corrected chi connectivity index (χ0v) is 10.7. The number of nitrogens with two attached hydrogens (primary N) is 1. The zero-order valence-electron chi connectivity index (χ0n) is 10.7. The number of hydrogen-bond donors (Lipinski definition) is 1. The molecule has 0 aromatic rings. The molecule has 0 aliphatic heterocycles. The predicted molar refractivity (Wildman–Crippen MR) is 68.7 cm³/mol. The van der Waals surface area contributed by atoms with Crippen molar-refractivity contribution in [1.82, 2.24) is 0 Å². The molecule has 0 aromatic heterocycles. The Hall–Kier alpha value is -0.570. The molecule has 0 bridgehead atoms. The van der Waals surface area contributed by atoms with E-state index in [1.54, 1.807) is 0 Å². The van der Waals surface area contributed by atoms with Gasteiger partial charge in [-0.3, -0.25) is 4.99 Å². The van der Waals surface area contributed by atoms with Crippen molar-refractivity contribution in [2.24, 2.45) is 22.6 Å². The quantitative estimate of drug-likeness (QED) is 0.430. The van der Waals surface area contributed by atoms with Crippen LogP contribution < -0.4 is 5.73 Å². The van der Waals surface area contributed by atoms with Crippen LogP contribution in [-0.2, 0) is 4.74 Å². The van der Waals surface area contributed by atoms with Crippen molar-refractivity contribution in [2.75, 3.05) is 19.8 Å².